The molecule has 2 N–H and O–H groups in total. The highest BCUT2D eigenvalue weighted by molar-refractivity contribution is 5.72. The zero-order chi connectivity index (χ0) is 12.4. The van der Waals surface area contributed by atoms with Crippen LogP contribution in [0.1, 0.15) is 0 Å². The van der Waals surface area contributed by atoms with Gasteiger partial charge in [-0.15, -0.1) is 0 Å². The van der Waals surface area contributed by atoms with Crippen molar-refractivity contribution in [1.29, 1.82) is 0 Å². The molecule has 2 aromatic rings. The average molecular weight is 236 g/mol. The van der Waals surface area contributed by atoms with Gasteiger partial charge in [0, 0.05) is 17.2 Å². The van der Waals surface area contributed by atoms with E-state index < -0.39 is 11.6 Å². The normalized spacial score (nSPS) is 10.3. The van der Waals surface area contributed by atoms with Crippen molar-refractivity contribution in [2.24, 2.45) is 0 Å². The van der Waals surface area contributed by atoms with Crippen molar-refractivity contribution in [3.63, 3.8) is 0 Å². The molecule has 0 saturated carbocycles. The first kappa shape index (κ1) is 11.3. The van der Waals surface area contributed by atoms with Gasteiger partial charge in [-0.05, 0) is 18.2 Å². The van der Waals surface area contributed by atoms with Gasteiger partial charge < -0.3 is 10.5 Å². The minimum Gasteiger partial charge on any atom is -0.496 e. The molecule has 0 saturated heterocycles. The van der Waals surface area contributed by atoms with Crippen molar-refractivity contribution in [3.05, 3.63) is 42.1 Å². The van der Waals surface area contributed by atoms with Gasteiger partial charge in [-0.25, -0.2) is 13.8 Å². The molecular weight excluding hydrogens is 226 g/mol. The first-order valence-electron chi connectivity index (χ1n) is 4.86. The maximum absolute atomic E-state index is 13.6. The van der Waals surface area contributed by atoms with Gasteiger partial charge in [-0.1, -0.05) is 0 Å². The van der Waals surface area contributed by atoms with E-state index in [9.17, 15) is 8.78 Å². The van der Waals surface area contributed by atoms with E-state index in [0.29, 0.717) is 5.56 Å². The molecule has 0 aliphatic heterocycles. The SMILES string of the molecule is COc1cc(F)ccc1-c1cc(N)ncc1F. The van der Waals surface area contributed by atoms with E-state index >= 15 is 0 Å². The fraction of sp³-hybridized carbons (Fsp3) is 0.0833. The van der Waals surface area contributed by atoms with Crippen LogP contribution in [0.4, 0.5) is 14.6 Å². The van der Waals surface area contributed by atoms with Crippen molar-refractivity contribution in [2.75, 3.05) is 12.8 Å². The zero-order valence-electron chi connectivity index (χ0n) is 9.08. The molecule has 2 rings (SSSR count). The Kier molecular flexibility index (Phi) is 2.91. The third kappa shape index (κ3) is 2.18. The molecule has 1 aromatic heterocycles. The van der Waals surface area contributed by atoms with Crippen LogP contribution in [0, 0.1) is 11.6 Å². The number of nitrogens with two attached hydrogens (primary N) is 1. The fourth-order valence-electron chi connectivity index (χ4n) is 1.55. The Labute approximate surface area is 96.9 Å². The smallest absolute Gasteiger partial charge is 0.149 e. The van der Waals surface area contributed by atoms with E-state index in [0.717, 1.165) is 6.20 Å². The molecule has 0 aliphatic rings. The van der Waals surface area contributed by atoms with Gasteiger partial charge in [0.2, 0.25) is 0 Å². The van der Waals surface area contributed by atoms with Crippen LogP contribution in [0.5, 0.6) is 5.75 Å². The highest BCUT2D eigenvalue weighted by atomic mass is 19.1. The Morgan fingerprint density at radius 1 is 1.18 bits per heavy atom. The van der Waals surface area contributed by atoms with Crippen LogP contribution in [0.25, 0.3) is 11.1 Å². The van der Waals surface area contributed by atoms with Crippen molar-refractivity contribution >= 4 is 5.82 Å². The van der Waals surface area contributed by atoms with E-state index in [2.05, 4.69) is 4.98 Å². The molecular formula is C12H10F2N2O. The quantitative estimate of drug-likeness (QED) is 0.871. The van der Waals surface area contributed by atoms with Gasteiger partial charge in [0.1, 0.15) is 23.2 Å². The second-order valence-corrected chi connectivity index (χ2v) is 3.43. The molecule has 0 atom stereocenters. The van der Waals surface area contributed by atoms with Crippen LogP contribution in [0.3, 0.4) is 0 Å². The van der Waals surface area contributed by atoms with Crippen LogP contribution in [-0.4, -0.2) is 12.1 Å². The number of halogens is 2. The molecule has 17 heavy (non-hydrogen) atoms. The maximum atomic E-state index is 13.6. The van der Waals surface area contributed by atoms with Gasteiger partial charge in [-0.3, -0.25) is 0 Å². The summed E-state index contributed by atoms with van der Waals surface area (Å²) in [5.41, 5.74) is 6.16. The van der Waals surface area contributed by atoms with E-state index in [-0.39, 0.29) is 17.1 Å². The molecule has 0 spiro atoms. The number of ether oxygens (including phenoxy) is 1. The standard InChI is InChI=1S/C12H10F2N2O/c1-17-11-4-7(13)2-3-8(11)9-5-12(15)16-6-10(9)14/h2-6H,1H3,(H2,15,16). The van der Waals surface area contributed by atoms with Crippen LogP contribution >= 0.6 is 0 Å². The van der Waals surface area contributed by atoms with Crippen LogP contribution in [0.2, 0.25) is 0 Å². The molecule has 0 amide bonds. The van der Waals surface area contributed by atoms with Gasteiger partial charge >= 0.3 is 0 Å². The average Bonchev–Trinajstić information content (AvgIpc) is 2.32. The molecule has 0 fully saturated rings. The predicted molar refractivity (Wildman–Crippen MR) is 60.6 cm³/mol. The van der Waals surface area contributed by atoms with Gasteiger partial charge in [0.25, 0.3) is 0 Å². The summed E-state index contributed by atoms with van der Waals surface area (Å²) in [5, 5.41) is 0. The summed E-state index contributed by atoms with van der Waals surface area (Å²) in [6, 6.07) is 5.23. The lowest BCUT2D eigenvalue weighted by atomic mass is 10.1. The van der Waals surface area contributed by atoms with E-state index in [1.165, 1.54) is 31.4 Å². The second kappa shape index (κ2) is 4.37. The summed E-state index contributed by atoms with van der Waals surface area (Å²) in [6.45, 7) is 0. The maximum Gasteiger partial charge on any atom is 0.149 e. The topological polar surface area (TPSA) is 48.1 Å². The lowest BCUT2D eigenvalue weighted by Gasteiger charge is -2.09. The molecule has 1 heterocycles. The molecule has 3 nitrogen and oxygen atoms in total. The molecule has 0 aliphatic carbocycles. The lowest BCUT2D eigenvalue weighted by molar-refractivity contribution is 0.412. The molecule has 5 heteroatoms. The summed E-state index contributed by atoms with van der Waals surface area (Å²) in [6.07, 6.45) is 1.02. The monoisotopic (exact) mass is 236 g/mol. The van der Waals surface area contributed by atoms with Crippen molar-refractivity contribution < 1.29 is 13.5 Å². The van der Waals surface area contributed by atoms with Crippen molar-refractivity contribution in [2.45, 2.75) is 0 Å². The number of nitrogen functional groups attached to an aromatic ring is 1. The summed E-state index contributed by atoms with van der Waals surface area (Å²) >= 11 is 0. The summed E-state index contributed by atoms with van der Waals surface area (Å²) < 4.78 is 31.6. The molecule has 0 bridgehead atoms. The number of hydrogen-bond donors (Lipinski definition) is 1. The van der Waals surface area contributed by atoms with E-state index in [1.807, 2.05) is 0 Å². The van der Waals surface area contributed by atoms with Crippen LogP contribution in [-0.2, 0) is 0 Å². The Morgan fingerprint density at radius 2 is 1.94 bits per heavy atom. The fourth-order valence-corrected chi connectivity index (χ4v) is 1.55. The Balaban J connectivity index is 2.63. The first-order chi connectivity index (χ1) is 8.11. The number of rotatable bonds is 2. The number of aromatic nitrogens is 1. The number of anilines is 1. The number of benzene rings is 1. The third-order valence-electron chi connectivity index (χ3n) is 2.33. The van der Waals surface area contributed by atoms with Crippen molar-refractivity contribution in [1.82, 2.24) is 4.98 Å². The minimum absolute atomic E-state index is 0.188. The summed E-state index contributed by atoms with van der Waals surface area (Å²) in [7, 11) is 1.39. The van der Waals surface area contributed by atoms with Crippen LogP contribution < -0.4 is 10.5 Å². The van der Waals surface area contributed by atoms with Crippen molar-refractivity contribution in [3.8, 4) is 16.9 Å². The Morgan fingerprint density at radius 3 is 2.65 bits per heavy atom. The Bertz CT molecular complexity index is 558. The molecule has 88 valence electrons. The van der Waals surface area contributed by atoms with Gasteiger partial charge in [0.15, 0.2) is 0 Å². The summed E-state index contributed by atoms with van der Waals surface area (Å²) in [4.78, 5) is 3.63. The number of hydrogen-bond acceptors (Lipinski definition) is 3. The molecule has 0 unspecified atom stereocenters. The number of pyridine rings is 1. The largest absolute Gasteiger partial charge is 0.496 e. The Hall–Kier alpha value is -2.17. The summed E-state index contributed by atoms with van der Waals surface area (Å²) in [5.74, 6) is -0.556. The second-order valence-electron chi connectivity index (χ2n) is 3.43. The predicted octanol–water partition coefficient (Wildman–Crippen LogP) is 2.62. The van der Waals surface area contributed by atoms with Gasteiger partial charge in [0.05, 0.1) is 13.3 Å². The molecule has 0 radical (unpaired) electrons. The highest BCUT2D eigenvalue weighted by Crippen LogP contribution is 2.32. The third-order valence-corrected chi connectivity index (χ3v) is 2.33. The number of nitrogens with zero attached hydrogens (tertiary/aromatic N) is 1. The van der Waals surface area contributed by atoms with E-state index in [1.54, 1.807) is 0 Å². The molecule has 1 aromatic carbocycles. The highest BCUT2D eigenvalue weighted by Gasteiger charge is 2.12. The number of methoxy groups -OCH3 is 1. The lowest BCUT2D eigenvalue weighted by Crippen LogP contribution is -1.96. The minimum atomic E-state index is -0.538. The zero-order valence-corrected chi connectivity index (χ0v) is 9.08. The van der Waals surface area contributed by atoms with Gasteiger partial charge in [-0.2, -0.15) is 0 Å². The first-order valence-corrected chi connectivity index (χ1v) is 4.86. The van der Waals surface area contributed by atoms with E-state index in [4.69, 9.17) is 10.5 Å². The van der Waals surface area contributed by atoms with Crippen LogP contribution in [0.15, 0.2) is 30.5 Å².